The molecule has 1 N–H and O–H groups in total. The van der Waals surface area contributed by atoms with E-state index < -0.39 is 0 Å². The van der Waals surface area contributed by atoms with E-state index in [1.807, 2.05) is 6.20 Å². The molecule has 3 unspecified atom stereocenters. The molecule has 3 atom stereocenters. The molecule has 0 radical (unpaired) electrons. The Labute approximate surface area is 126 Å². The number of amides is 1. The molecular weight excluding hydrogens is 262 g/mol. The van der Waals surface area contributed by atoms with Gasteiger partial charge in [-0.15, -0.1) is 0 Å². The fraction of sp³-hybridized carbons (Fsp3) is 0.765. The van der Waals surface area contributed by atoms with Crippen LogP contribution in [0.1, 0.15) is 56.6 Å². The second-order valence-corrected chi connectivity index (χ2v) is 7.30. The van der Waals surface area contributed by atoms with Gasteiger partial charge in [-0.3, -0.25) is 4.79 Å². The molecule has 4 rings (SSSR count). The molecule has 1 aromatic rings. The van der Waals surface area contributed by atoms with Crippen LogP contribution in [0.15, 0.2) is 12.5 Å². The van der Waals surface area contributed by atoms with E-state index in [0.29, 0.717) is 17.7 Å². The first-order chi connectivity index (χ1) is 10.3. The Balaban J connectivity index is 1.29. The number of imidazole rings is 1. The molecule has 3 aliphatic rings. The zero-order valence-corrected chi connectivity index (χ0v) is 12.6. The summed E-state index contributed by atoms with van der Waals surface area (Å²) in [6, 6.07) is 0. The summed E-state index contributed by atoms with van der Waals surface area (Å²) < 4.78 is 0. The summed E-state index contributed by atoms with van der Waals surface area (Å²) in [6.07, 6.45) is 12.2. The minimum atomic E-state index is 0.413. The summed E-state index contributed by atoms with van der Waals surface area (Å²) in [4.78, 5) is 22.0. The van der Waals surface area contributed by atoms with Crippen LogP contribution < -0.4 is 0 Å². The molecule has 0 spiro atoms. The molecule has 1 aromatic heterocycles. The number of aromatic amines is 1. The van der Waals surface area contributed by atoms with E-state index in [1.54, 1.807) is 6.33 Å². The van der Waals surface area contributed by atoms with Crippen molar-refractivity contribution in [2.45, 2.75) is 50.9 Å². The summed E-state index contributed by atoms with van der Waals surface area (Å²) in [6.45, 7) is 1.84. The number of piperidine rings is 1. The van der Waals surface area contributed by atoms with Crippen molar-refractivity contribution < 1.29 is 4.79 Å². The smallest absolute Gasteiger partial charge is 0.222 e. The van der Waals surface area contributed by atoms with Crippen LogP contribution in [-0.2, 0) is 4.79 Å². The summed E-state index contributed by atoms with van der Waals surface area (Å²) in [5.74, 6) is 3.47. The second-order valence-electron chi connectivity index (χ2n) is 7.30. The van der Waals surface area contributed by atoms with E-state index in [9.17, 15) is 4.79 Å². The number of likely N-dealkylation sites (tertiary alicyclic amines) is 1. The van der Waals surface area contributed by atoms with Crippen molar-refractivity contribution in [2.75, 3.05) is 13.1 Å². The van der Waals surface area contributed by atoms with Crippen LogP contribution in [0, 0.1) is 17.8 Å². The van der Waals surface area contributed by atoms with E-state index in [0.717, 1.165) is 44.2 Å². The number of aromatic nitrogens is 2. The summed E-state index contributed by atoms with van der Waals surface area (Å²) >= 11 is 0. The fourth-order valence-electron chi connectivity index (χ4n) is 4.91. The molecule has 1 aliphatic heterocycles. The maximum absolute atomic E-state index is 12.5. The van der Waals surface area contributed by atoms with Crippen LogP contribution in [0.3, 0.4) is 0 Å². The topological polar surface area (TPSA) is 49.0 Å². The number of hydrogen-bond donors (Lipinski definition) is 1. The largest absolute Gasteiger partial charge is 0.348 e. The highest BCUT2D eigenvalue weighted by molar-refractivity contribution is 5.76. The van der Waals surface area contributed by atoms with Gasteiger partial charge in [-0.25, -0.2) is 4.98 Å². The summed E-state index contributed by atoms with van der Waals surface area (Å²) in [5, 5.41) is 0. The highest BCUT2D eigenvalue weighted by Gasteiger charge is 2.40. The maximum Gasteiger partial charge on any atom is 0.222 e. The normalized spacial score (nSPS) is 32.8. The molecule has 2 heterocycles. The number of rotatable bonds is 3. The van der Waals surface area contributed by atoms with Gasteiger partial charge >= 0.3 is 0 Å². The third-order valence-corrected chi connectivity index (χ3v) is 6.13. The molecule has 1 saturated heterocycles. The Morgan fingerprint density at radius 1 is 1.24 bits per heavy atom. The van der Waals surface area contributed by atoms with Crippen LogP contribution in [0.4, 0.5) is 0 Å². The number of fused-ring (bicyclic) bond motifs is 2. The van der Waals surface area contributed by atoms with Crippen LogP contribution >= 0.6 is 0 Å². The van der Waals surface area contributed by atoms with Gasteiger partial charge in [0.25, 0.3) is 0 Å². The highest BCUT2D eigenvalue weighted by atomic mass is 16.2. The van der Waals surface area contributed by atoms with Gasteiger partial charge in [-0.2, -0.15) is 0 Å². The van der Waals surface area contributed by atoms with Crippen molar-refractivity contribution in [3.05, 3.63) is 18.2 Å². The van der Waals surface area contributed by atoms with Crippen molar-refractivity contribution in [1.82, 2.24) is 14.9 Å². The van der Waals surface area contributed by atoms with E-state index in [1.165, 1.54) is 31.4 Å². The minimum Gasteiger partial charge on any atom is -0.348 e. The predicted molar refractivity (Wildman–Crippen MR) is 80.7 cm³/mol. The first-order valence-corrected chi connectivity index (χ1v) is 8.55. The van der Waals surface area contributed by atoms with Crippen LogP contribution in [0.2, 0.25) is 0 Å². The molecule has 3 fully saturated rings. The molecule has 2 aliphatic carbocycles. The van der Waals surface area contributed by atoms with Gasteiger partial charge in [0.1, 0.15) is 0 Å². The lowest BCUT2D eigenvalue weighted by Gasteiger charge is -2.33. The van der Waals surface area contributed by atoms with Crippen molar-refractivity contribution in [2.24, 2.45) is 17.8 Å². The van der Waals surface area contributed by atoms with Gasteiger partial charge in [0.2, 0.25) is 5.91 Å². The van der Waals surface area contributed by atoms with Crippen molar-refractivity contribution in [1.29, 1.82) is 0 Å². The van der Waals surface area contributed by atoms with Gasteiger partial charge in [0.15, 0.2) is 0 Å². The molecule has 114 valence electrons. The molecule has 4 heteroatoms. The predicted octanol–water partition coefficient (Wildman–Crippen LogP) is 2.94. The van der Waals surface area contributed by atoms with E-state index in [2.05, 4.69) is 14.9 Å². The molecule has 1 amide bonds. The molecule has 21 heavy (non-hydrogen) atoms. The Morgan fingerprint density at radius 2 is 2.10 bits per heavy atom. The van der Waals surface area contributed by atoms with Crippen molar-refractivity contribution in [3.8, 4) is 0 Å². The number of carbonyl (C=O) groups excluding carboxylic acids is 1. The first kappa shape index (κ1) is 13.4. The standard InChI is InChI=1S/C17H25N3O/c21-17(9-15-8-12-1-2-14(15)7-12)20-5-3-13(4-6-20)16-10-18-11-19-16/h10-15H,1-9H2,(H,18,19). The summed E-state index contributed by atoms with van der Waals surface area (Å²) in [5.41, 5.74) is 1.23. The first-order valence-electron chi connectivity index (χ1n) is 8.55. The quantitative estimate of drug-likeness (QED) is 0.929. The number of nitrogens with one attached hydrogen (secondary N) is 1. The maximum atomic E-state index is 12.5. The van der Waals surface area contributed by atoms with Gasteiger partial charge in [0.05, 0.1) is 6.33 Å². The molecule has 4 nitrogen and oxygen atoms in total. The van der Waals surface area contributed by atoms with Gasteiger partial charge < -0.3 is 9.88 Å². The van der Waals surface area contributed by atoms with Gasteiger partial charge in [-0.05, 0) is 49.9 Å². The summed E-state index contributed by atoms with van der Waals surface area (Å²) in [7, 11) is 0. The van der Waals surface area contributed by atoms with Gasteiger partial charge in [-0.1, -0.05) is 6.42 Å². The zero-order chi connectivity index (χ0) is 14.2. The molecule has 0 aromatic carbocycles. The lowest BCUT2D eigenvalue weighted by atomic mass is 9.85. The highest BCUT2D eigenvalue weighted by Crippen LogP contribution is 2.49. The Kier molecular flexibility index (Phi) is 3.48. The number of hydrogen-bond acceptors (Lipinski definition) is 2. The van der Waals surface area contributed by atoms with E-state index >= 15 is 0 Å². The number of nitrogens with zero attached hydrogens (tertiary/aromatic N) is 2. The van der Waals surface area contributed by atoms with E-state index in [-0.39, 0.29) is 0 Å². The Bertz CT molecular complexity index is 490. The zero-order valence-electron chi connectivity index (χ0n) is 12.6. The fourth-order valence-corrected chi connectivity index (χ4v) is 4.91. The Hall–Kier alpha value is -1.32. The lowest BCUT2D eigenvalue weighted by molar-refractivity contribution is -0.133. The lowest BCUT2D eigenvalue weighted by Crippen LogP contribution is -2.39. The van der Waals surface area contributed by atoms with Crippen LogP contribution in [-0.4, -0.2) is 33.9 Å². The molecular formula is C17H25N3O. The van der Waals surface area contributed by atoms with Crippen LogP contribution in [0.5, 0.6) is 0 Å². The monoisotopic (exact) mass is 287 g/mol. The average Bonchev–Trinajstić information content (AvgIpc) is 3.25. The van der Waals surface area contributed by atoms with Crippen molar-refractivity contribution >= 4 is 5.91 Å². The number of H-pyrrole nitrogens is 1. The average molecular weight is 287 g/mol. The SMILES string of the molecule is O=C(CC1CC2CCC1C2)N1CCC(c2cnc[nH]2)CC1. The minimum absolute atomic E-state index is 0.413. The second kappa shape index (κ2) is 5.47. The number of carbonyl (C=O) groups is 1. The Morgan fingerprint density at radius 3 is 2.71 bits per heavy atom. The van der Waals surface area contributed by atoms with Crippen molar-refractivity contribution in [3.63, 3.8) is 0 Å². The molecule has 2 bridgehead atoms. The van der Waals surface area contributed by atoms with Gasteiger partial charge in [0, 0.05) is 37.3 Å². The third kappa shape index (κ3) is 2.60. The third-order valence-electron chi connectivity index (χ3n) is 6.13. The van der Waals surface area contributed by atoms with Crippen LogP contribution in [0.25, 0.3) is 0 Å². The molecule has 2 saturated carbocycles. The van der Waals surface area contributed by atoms with E-state index in [4.69, 9.17) is 0 Å².